The van der Waals surface area contributed by atoms with E-state index in [1.165, 1.54) is 12.8 Å². The van der Waals surface area contributed by atoms with E-state index in [2.05, 4.69) is 37.1 Å². The molecule has 116 valence electrons. The molecule has 0 saturated heterocycles. The SMILES string of the molecule is CCC(C)N(CCOC)C(C)CC(C)(C#N)NC1CC1. The lowest BCUT2D eigenvalue weighted by Gasteiger charge is -2.37. The molecule has 1 fully saturated rings. The summed E-state index contributed by atoms with van der Waals surface area (Å²) in [5.74, 6) is 0. The first-order valence-electron chi connectivity index (χ1n) is 7.89. The Hall–Kier alpha value is -0.630. The molecule has 3 unspecified atom stereocenters. The van der Waals surface area contributed by atoms with Crippen LogP contribution in [0.2, 0.25) is 0 Å². The molecule has 0 aliphatic heterocycles. The molecule has 0 aromatic rings. The molecule has 0 aromatic carbocycles. The van der Waals surface area contributed by atoms with Crippen LogP contribution in [0.5, 0.6) is 0 Å². The van der Waals surface area contributed by atoms with Gasteiger partial charge in [0.05, 0.1) is 12.7 Å². The molecule has 0 amide bonds. The lowest BCUT2D eigenvalue weighted by atomic mass is 9.93. The average Bonchev–Trinajstić information content (AvgIpc) is 3.22. The summed E-state index contributed by atoms with van der Waals surface area (Å²) in [7, 11) is 1.74. The first-order chi connectivity index (χ1) is 9.45. The first-order valence-corrected chi connectivity index (χ1v) is 7.89. The largest absolute Gasteiger partial charge is 0.383 e. The van der Waals surface area contributed by atoms with Crippen molar-refractivity contribution < 1.29 is 4.74 Å². The van der Waals surface area contributed by atoms with Crippen LogP contribution < -0.4 is 5.32 Å². The van der Waals surface area contributed by atoms with Crippen molar-refractivity contribution in [1.29, 1.82) is 5.26 Å². The van der Waals surface area contributed by atoms with E-state index in [1.54, 1.807) is 7.11 Å². The van der Waals surface area contributed by atoms with Crippen LogP contribution in [-0.2, 0) is 4.74 Å². The summed E-state index contributed by atoms with van der Waals surface area (Å²) in [6, 6.07) is 3.93. The van der Waals surface area contributed by atoms with Crippen LogP contribution in [0.3, 0.4) is 0 Å². The summed E-state index contributed by atoms with van der Waals surface area (Å²) in [6.45, 7) is 10.4. The number of nitriles is 1. The molecule has 3 atom stereocenters. The Labute approximate surface area is 124 Å². The van der Waals surface area contributed by atoms with Crippen LogP contribution in [0.15, 0.2) is 0 Å². The lowest BCUT2D eigenvalue weighted by molar-refractivity contribution is 0.0826. The van der Waals surface area contributed by atoms with E-state index in [0.29, 0.717) is 18.1 Å². The number of rotatable bonds is 10. The molecule has 1 aliphatic rings. The summed E-state index contributed by atoms with van der Waals surface area (Å²) < 4.78 is 5.23. The van der Waals surface area contributed by atoms with Gasteiger partial charge in [0.25, 0.3) is 0 Å². The first kappa shape index (κ1) is 17.4. The summed E-state index contributed by atoms with van der Waals surface area (Å²) in [6.07, 6.45) is 4.40. The van der Waals surface area contributed by atoms with Gasteiger partial charge in [-0.05, 0) is 46.5 Å². The zero-order valence-electron chi connectivity index (χ0n) is 13.8. The van der Waals surface area contributed by atoms with Gasteiger partial charge in [-0.25, -0.2) is 0 Å². The molecule has 0 spiro atoms. The quantitative estimate of drug-likeness (QED) is 0.668. The third-order valence-electron chi connectivity index (χ3n) is 4.33. The van der Waals surface area contributed by atoms with Crippen molar-refractivity contribution in [2.24, 2.45) is 0 Å². The summed E-state index contributed by atoms with van der Waals surface area (Å²) >= 11 is 0. The zero-order valence-corrected chi connectivity index (χ0v) is 13.8. The summed E-state index contributed by atoms with van der Waals surface area (Å²) in [5.41, 5.74) is -0.417. The fraction of sp³-hybridized carbons (Fsp3) is 0.938. The minimum Gasteiger partial charge on any atom is -0.383 e. The Morgan fingerprint density at radius 2 is 2.05 bits per heavy atom. The second-order valence-electron chi connectivity index (χ2n) is 6.40. The van der Waals surface area contributed by atoms with Crippen molar-refractivity contribution in [1.82, 2.24) is 10.2 Å². The molecule has 0 heterocycles. The van der Waals surface area contributed by atoms with Crippen LogP contribution in [0.4, 0.5) is 0 Å². The summed E-state index contributed by atoms with van der Waals surface area (Å²) in [4.78, 5) is 2.47. The molecule has 1 rings (SSSR count). The highest BCUT2D eigenvalue weighted by Crippen LogP contribution is 2.26. The maximum Gasteiger partial charge on any atom is 0.105 e. The molecule has 4 nitrogen and oxygen atoms in total. The molecule has 20 heavy (non-hydrogen) atoms. The Kier molecular flexibility index (Phi) is 6.94. The monoisotopic (exact) mass is 281 g/mol. The normalized spacial score (nSPS) is 21.2. The van der Waals surface area contributed by atoms with Gasteiger partial charge in [0.1, 0.15) is 5.54 Å². The number of nitrogens with one attached hydrogen (secondary N) is 1. The van der Waals surface area contributed by atoms with Gasteiger partial charge < -0.3 is 4.74 Å². The van der Waals surface area contributed by atoms with Crippen molar-refractivity contribution in [3.05, 3.63) is 0 Å². The van der Waals surface area contributed by atoms with E-state index >= 15 is 0 Å². The van der Waals surface area contributed by atoms with Crippen LogP contribution >= 0.6 is 0 Å². The Bertz CT molecular complexity index is 324. The Morgan fingerprint density at radius 3 is 2.50 bits per heavy atom. The van der Waals surface area contributed by atoms with Gasteiger partial charge in [-0.2, -0.15) is 5.26 Å². The average molecular weight is 281 g/mol. The second kappa shape index (κ2) is 7.97. The van der Waals surface area contributed by atoms with Gasteiger partial charge >= 0.3 is 0 Å². The van der Waals surface area contributed by atoms with Crippen molar-refractivity contribution in [2.75, 3.05) is 20.3 Å². The molecule has 4 heteroatoms. The molecule has 1 saturated carbocycles. The number of methoxy groups -OCH3 is 1. The molecular weight excluding hydrogens is 250 g/mol. The predicted octanol–water partition coefficient (Wildman–Crippen LogP) is 2.55. The van der Waals surface area contributed by atoms with E-state index in [0.717, 1.165) is 26.0 Å². The fourth-order valence-corrected chi connectivity index (χ4v) is 2.83. The van der Waals surface area contributed by atoms with Gasteiger partial charge in [0.2, 0.25) is 0 Å². The molecule has 0 radical (unpaired) electrons. The minimum absolute atomic E-state index is 0.371. The Morgan fingerprint density at radius 1 is 1.40 bits per heavy atom. The maximum atomic E-state index is 9.51. The third-order valence-corrected chi connectivity index (χ3v) is 4.33. The minimum atomic E-state index is -0.417. The third kappa shape index (κ3) is 5.40. The van der Waals surface area contributed by atoms with E-state index < -0.39 is 5.54 Å². The molecular formula is C16H31N3O. The van der Waals surface area contributed by atoms with Crippen LogP contribution in [0.1, 0.15) is 53.4 Å². The van der Waals surface area contributed by atoms with Crippen LogP contribution in [0.25, 0.3) is 0 Å². The summed E-state index contributed by atoms with van der Waals surface area (Å²) in [5, 5.41) is 13.0. The van der Waals surface area contributed by atoms with Gasteiger partial charge in [0, 0.05) is 31.8 Å². The molecule has 0 bridgehead atoms. The van der Waals surface area contributed by atoms with E-state index in [9.17, 15) is 5.26 Å². The number of nitrogens with zero attached hydrogens (tertiary/aromatic N) is 2. The smallest absolute Gasteiger partial charge is 0.105 e. The number of hydrogen-bond donors (Lipinski definition) is 1. The fourth-order valence-electron chi connectivity index (χ4n) is 2.83. The van der Waals surface area contributed by atoms with Crippen molar-refractivity contribution >= 4 is 0 Å². The van der Waals surface area contributed by atoms with Crippen molar-refractivity contribution in [2.45, 2.75) is 77.0 Å². The van der Waals surface area contributed by atoms with Gasteiger partial charge in [-0.1, -0.05) is 6.92 Å². The van der Waals surface area contributed by atoms with Gasteiger partial charge in [-0.15, -0.1) is 0 Å². The molecule has 1 aliphatic carbocycles. The van der Waals surface area contributed by atoms with E-state index in [1.807, 2.05) is 6.92 Å². The van der Waals surface area contributed by atoms with Crippen LogP contribution in [-0.4, -0.2) is 48.8 Å². The molecule has 0 aromatic heterocycles. The highest BCUT2D eigenvalue weighted by molar-refractivity contribution is 5.08. The van der Waals surface area contributed by atoms with E-state index in [-0.39, 0.29) is 0 Å². The maximum absolute atomic E-state index is 9.51. The number of ether oxygens (including phenoxy) is 1. The lowest BCUT2D eigenvalue weighted by Crippen LogP contribution is -2.50. The van der Waals surface area contributed by atoms with Gasteiger partial charge in [-0.3, -0.25) is 10.2 Å². The molecule has 1 N–H and O–H groups in total. The van der Waals surface area contributed by atoms with Gasteiger partial charge in [0.15, 0.2) is 0 Å². The zero-order chi connectivity index (χ0) is 15.2. The van der Waals surface area contributed by atoms with E-state index in [4.69, 9.17) is 4.74 Å². The highest BCUT2D eigenvalue weighted by atomic mass is 16.5. The second-order valence-corrected chi connectivity index (χ2v) is 6.40. The number of hydrogen-bond acceptors (Lipinski definition) is 4. The predicted molar refractivity (Wildman–Crippen MR) is 82.6 cm³/mol. The van der Waals surface area contributed by atoms with Crippen molar-refractivity contribution in [3.8, 4) is 6.07 Å². The Balaban J connectivity index is 2.62. The highest BCUT2D eigenvalue weighted by Gasteiger charge is 2.35. The standard InChI is InChI=1S/C16H31N3O/c1-6-13(2)19(9-10-20-5)14(3)11-16(4,12-17)18-15-7-8-15/h13-15,18H,6-11H2,1-5H3. The van der Waals surface area contributed by atoms with Crippen molar-refractivity contribution in [3.63, 3.8) is 0 Å². The topological polar surface area (TPSA) is 48.3 Å². The van der Waals surface area contributed by atoms with Crippen LogP contribution in [0, 0.1) is 11.3 Å².